The van der Waals surface area contributed by atoms with Gasteiger partial charge in [0.2, 0.25) is 0 Å². The fourth-order valence-corrected chi connectivity index (χ4v) is 2.18. The van der Waals surface area contributed by atoms with Crippen LogP contribution in [0.3, 0.4) is 0 Å². The molecule has 32 heavy (non-hydrogen) atoms. The highest BCUT2D eigenvalue weighted by Gasteiger charge is 2.87. The second kappa shape index (κ2) is 8.93. The first kappa shape index (κ1) is 27.8. The number of ether oxygens (including phenoxy) is 1. The van der Waals surface area contributed by atoms with Crippen molar-refractivity contribution in [1.29, 1.82) is 0 Å². The van der Waals surface area contributed by atoms with Crippen LogP contribution in [0.2, 0.25) is 0 Å². The second-order valence-electron chi connectivity index (χ2n) is 6.94. The third-order valence-electron chi connectivity index (χ3n) is 4.40. The molecule has 0 unspecified atom stereocenters. The SMILES string of the molecule is CCN(C)/C=N/c1cc(C)c(OCC(F)(F)C(F)(F)C(F)(F)C(F)(F)C(F)(F)F)cc1C. The van der Waals surface area contributed by atoms with Crippen molar-refractivity contribution in [3.63, 3.8) is 0 Å². The lowest BCUT2D eigenvalue weighted by Gasteiger charge is -2.37. The van der Waals surface area contributed by atoms with Crippen molar-refractivity contribution in [3.8, 4) is 5.75 Å². The summed E-state index contributed by atoms with van der Waals surface area (Å²) in [6, 6.07) is 2.33. The molecule has 0 aliphatic rings. The van der Waals surface area contributed by atoms with Crippen molar-refractivity contribution in [2.24, 2.45) is 4.99 Å². The van der Waals surface area contributed by atoms with Crippen molar-refractivity contribution in [3.05, 3.63) is 23.3 Å². The molecule has 0 radical (unpaired) electrons. The Morgan fingerprint density at radius 3 is 1.84 bits per heavy atom. The third-order valence-corrected chi connectivity index (χ3v) is 4.40. The van der Waals surface area contributed by atoms with Gasteiger partial charge in [0.1, 0.15) is 5.75 Å². The lowest BCUT2D eigenvalue weighted by Crippen LogP contribution is -2.67. The molecular formula is C18H19F11N2O. The van der Waals surface area contributed by atoms with Crippen LogP contribution >= 0.6 is 0 Å². The van der Waals surface area contributed by atoms with Gasteiger partial charge in [-0.05, 0) is 44.0 Å². The largest absolute Gasteiger partial charge is 0.487 e. The molecule has 0 amide bonds. The van der Waals surface area contributed by atoms with Crippen LogP contribution in [0.15, 0.2) is 17.1 Å². The van der Waals surface area contributed by atoms with Crippen molar-refractivity contribution in [1.82, 2.24) is 4.90 Å². The molecule has 0 heterocycles. The Morgan fingerprint density at radius 2 is 1.38 bits per heavy atom. The highest BCUT2D eigenvalue weighted by molar-refractivity contribution is 5.64. The fraction of sp³-hybridized carbons (Fsp3) is 0.611. The number of hydrogen-bond donors (Lipinski definition) is 0. The zero-order valence-corrected chi connectivity index (χ0v) is 17.1. The first-order valence-electron chi connectivity index (χ1n) is 8.79. The smallest absolute Gasteiger partial charge is 0.460 e. The lowest BCUT2D eigenvalue weighted by molar-refractivity contribution is -0.423. The molecule has 1 aromatic carbocycles. The van der Waals surface area contributed by atoms with E-state index in [4.69, 9.17) is 0 Å². The maximum absolute atomic E-state index is 13.8. The first-order valence-corrected chi connectivity index (χ1v) is 8.79. The Hall–Kier alpha value is -2.28. The summed E-state index contributed by atoms with van der Waals surface area (Å²) in [6.45, 7) is 2.52. The van der Waals surface area contributed by atoms with E-state index in [-0.39, 0.29) is 11.1 Å². The lowest BCUT2D eigenvalue weighted by atomic mass is 9.98. The summed E-state index contributed by atoms with van der Waals surface area (Å²) in [5, 5.41) is 0. The zero-order valence-electron chi connectivity index (χ0n) is 17.1. The van der Waals surface area contributed by atoms with Gasteiger partial charge in [-0.3, -0.25) is 0 Å². The van der Waals surface area contributed by atoms with E-state index in [1.807, 2.05) is 6.92 Å². The van der Waals surface area contributed by atoms with Gasteiger partial charge < -0.3 is 9.64 Å². The average Bonchev–Trinajstić information content (AvgIpc) is 2.65. The van der Waals surface area contributed by atoms with Crippen LogP contribution in [0.1, 0.15) is 18.1 Å². The molecule has 1 rings (SSSR count). The van der Waals surface area contributed by atoms with Crippen LogP contribution in [0.25, 0.3) is 0 Å². The standard InChI is InChI=1S/C18H19F11N2O/c1-5-31(4)9-30-12-6-11(3)13(7-10(12)2)32-8-14(19,20)15(21,22)16(23,24)17(25,26)18(27,28)29/h6-7,9H,5,8H2,1-4H3/b30-9+. The van der Waals surface area contributed by atoms with E-state index in [1.54, 1.807) is 11.9 Å². The van der Waals surface area contributed by atoms with Gasteiger partial charge in [0.05, 0.1) is 12.0 Å². The number of hydrogen-bond acceptors (Lipinski definition) is 2. The van der Waals surface area contributed by atoms with Gasteiger partial charge in [-0.25, -0.2) is 4.99 Å². The minimum Gasteiger partial charge on any atom is -0.487 e. The Kier molecular flexibility index (Phi) is 7.74. The van der Waals surface area contributed by atoms with Crippen molar-refractivity contribution in [2.45, 2.75) is 50.6 Å². The summed E-state index contributed by atoms with van der Waals surface area (Å²) < 4.78 is 148. The Labute approximate surface area is 175 Å². The molecule has 0 saturated heterocycles. The topological polar surface area (TPSA) is 24.8 Å². The molecule has 0 aliphatic carbocycles. The van der Waals surface area contributed by atoms with Crippen LogP contribution in [-0.2, 0) is 0 Å². The average molecular weight is 488 g/mol. The molecule has 0 aromatic heterocycles. The highest BCUT2D eigenvalue weighted by Crippen LogP contribution is 2.57. The van der Waals surface area contributed by atoms with Crippen LogP contribution in [-0.4, -0.2) is 61.3 Å². The third kappa shape index (κ3) is 5.03. The second-order valence-corrected chi connectivity index (χ2v) is 6.94. The Balaban J connectivity index is 3.17. The number of halogens is 11. The minimum absolute atomic E-state index is 0.0356. The summed E-state index contributed by atoms with van der Waals surface area (Å²) in [7, 11) is 1.70. The van der Waals surface area contributed by atoms with Gasteiger partial charge in [-0.1, -0.05) is 0 Å². The Morgan fingerprint density at radius 1 is 0.844 bits per heavy atom. The van der Waals surface area contributed by atoms with Gasteiger partial charge >= 0.3 is 29.9 Å². The van der Waals surface area contributed by atoms with E-state index < -0.39 is 42.2 Å². The van der Waals surface area contributed by atoms with E-state index in [2.05, 4.69) is 9.73 Å². The van der Waals surface area contributed by atoms with E-state index in [0.717, 1.165) is 6.07 Å². The van der Waals surface area contributed by atoms with Gasteiger partial charge in [0.15, 0.2) is 6.61 Å². The molecule has 0 atom stereocenters. The Bertz CT molecular complexity index is 835. The van der Waals surface area contributed by atoms with E-state index in [9.17, 15) is 48.3 Å². The molecule has 14 heteroatoms. The molecule has 3 nitrogen and oxygen atoms in total. The molecule has 0 spiro atoms. The van der Waals surface area contributed by atoms with Crippen molar-refractivity contribution >= 4 is 12.0 Å². The maximum Gasteiger partial charge on any atom is 0.460 e. The molecule has 0 bridgehead atoms. The van der Waals surface area contributed by atoms with E-state index >= 15 is 0 Å². The van der Waals surface area contributed by atoms with Crippen molar-refractivity contribution < 1.29 is 53.0 Å². The van der Waals surface area contributed by atoms with E-state index in [0.29, 0.717) is 12.2 Å². The molecular weight excluding hydrogens is 469 g/mol. The number of nitrogens with zero attached hydrogens (tertiary/aromatic N) is 2. The van der Waals surface area contributed by atoms with Crippen LogP contribution < -0.4 is 4.74 Å². The number of benzene rings is 1. The quantitative estimate of drug-likeness (QED) is 0.228. The summed E-state index contributed by atoms with van der Waals surface area (Å²) in [5.74, 6) is -28.6. The molecule has 184 valence electrons. The van der Waals surface area contributed by atoms with Gasteiger partial charge in [0.25, 0.3) is 0 Å². The predicted molar refractivity (Wildman–Crippen MR) is 93.7 cm³/mol. The maximum atomic E-state index is 13.8. The molecule has 0 fully saturated rings. The summed E-state index contributed by atoms with van der Waals surface area (Å²) in [4.78, 5) is 5.78. The number of aliphatic imine (C=N–C) groups is 1. The van der Waals surface area contributed by atoms with Crippen LogP contribution in [0.4, 0.5) is 54.0 Å². The highest BCUT2D eigenvalue weighted by atomic mass is 19.4. The molecule has 0 saturated carbocycles. The van der Waals surface area contributed by atoms with Crippen LogP contribution in [0.5, 0.6) is 5.75 Å². The minimum atomic E-state index is -7.46. The predicted octanol–water partition coefficient (Wildman–Crippen LogP) is 6.40. The fourth-order valence-electron chi connectivity index (χ4n) is 2.18. The summed E-state index contributed by atoms with van der Waals surface area (Å²) in [6.07, 6.45) is -5.77. The van der Waals surface area contributed by atoms with Gasteiger partial charge in [-0.15, -0.1) is 0 Å². The van der Waals surface area contributed by atoms with Crippen molar-refractivity contribution in [2.75, 3.05) is 20.2 Å². The van der Waals surface area contributed by atoms with Crippen LogP contribution in [0, 0.1) is 13.8 Å². The van der Waals surface area contributed by atoms with E-state index in [1.165, 1.54) is 26.3 Å². The monoisotopic (exact) mass is 488 g/mol. The number of rotatable bonds is 9. The number of alkyl halides is 11. The molecule has 1 aromatic rings. The van der Waals surface area contributed by atoms with Gasteiger partial charge in [-0.2, -0.15) is 48.3 Å². The zero-order chi connectivity index (χ0) is 25.3. The molecule has 0 N–H and O–H groups in total. The normalized spacial score (nSPS) is 14.2. The number of aryl methyl sites for hydroxylation is 2. The summed E-state index contributed by atoms with van der Waals surface area (Å²) in [5.41, 5.74) is 0.646. The summed E-state index contributed by atoms with van der Waals surface area (Å²) >= 11 is 0. The first-order chi connectivity index (χ1) is 14.2. The van der Waals surface area contributed by atoms with Gasteiger partial charge in [0, 0.05) is 13.6 Å². The molecule has 0 aliphatic heterocycles.